The second-order valence-electron chi connectivity index (χ2n) is 5.08. The van der Waals surface area contributed by atoms with Crippen molar-refractivity contribution < 1.29 is 4.92 Å². The van der Waals surface area contributed by atoms with Gasteiger partial charge in [-0.25, -0.2) is 0 Å². The maximum atomic E-state index is 10.9. The first-order valence-corrected chi connectivity index (χ1v) is 6.61. The van der Waals surface area contributed by atoms with Gasteiger partial charge in [0.15, 0.2) is 0 Å². The van der Waals surface area contributed by atoms with E-state index in [1.54, 1.807) is 12.1 Å². The van der Waals surface area contributed by atoms with Gasteiger partial charge >= 0.3 is 0 Å². The molecule has 0 heterocycles. The van der Waals surface area contributed by atoms with E-state index < -0.39 is 0 Å². The molecule has 1 rings (SSSR count). The van der Waals surface area contributed by atoms with E-state index in [0.29, 0.717) is 12.5 Å². The Morgan fingerprint density at radius 1 is 1.37 bits per heavy atom. The quantitative estimate of drug-likeness (QED) is 0.577. The fourth-order valence-corrected chi connectivity index (χ4v) is 1.91. The highest BCUT2D eigenvalue weighted by atomic mass is 16.6. The van der Waals surface area contributed by atoms with Crippen molar-refractivity contribution >= 4 is 5.69 Å². The molecule has 0 aromatic heterocycles. The molecule has 0 amide bonds. The first-order chi connectivity index (χ1) is 9.00. The van der Waals surface area contributed by atoms with Crippen LogP contribution in [0.2, 0.25) is 0 Å². The van der Waals surface area contributed by atoms with E-state index in [0.717, 1.165) is 25.1 Å². The Kier molecular flexibility index (Phi) is 6.45. The number of benzene rings is 1. The smallest absolute Gasteiger partial charge is 0.272 e. The maximum Gasteiger partial charge on any atom is 0.272 e. The first-order valence-electron chi connectivity index (χ1n) is 6.61. The van der Waals surface area contributed by atoms with Gasteiger partial charge in [-0.2, -0.15) is 0 Å². The zero-order valence-corrected chi connectivity index (χ0v) is 11.9. The summed E-state index contributed by atoms with van der Waals surface area (Å²) in [6.45, 7) is 3.95. The van der Waals surface area contributed by atoms with E-state index in [4.69, 9.17) is 0 Å². The molecule has 0 aliphatic heterocycles. The average molecular weight is 265 g/mol. The van der Waals surface area contributed by atoms with Gasteiger partial charge in [0.2, 0.25) is 0 Å². The first kappa shape index (κ1) is 15.6. The summed E-state index contributed by atoms with van der Waals surface area (Å²) in [7, 11) is 4.11. The Hall–Kier alpha value is -1.46. The van der Waals surface area contributed by atoms with E-state index >= 15 is 0 Å². The second-order valence-corrected chi connectivity index (χ2v) is 5.08. The van der Waals surface area contributed by atoms with Crippen molar-refractivity contribution in [3.63, 3.8) is 0 Å². The lowest BCUT2D eigenvalue weighted by molar-refractivity contribution is -0.385. The molecule has 1 N–H and O–H groups in total. The molecular formula is C14H23N3O2. The Morgan fingerprint density at radius 3 is 2.68 bits per heavy atom. The Labute approximate surface area is 114 Å². The second kappa shape index (κ2) is 7.86. The van der Waals surface area contributed by atoms with Crippen LogP contribution in [-0.4, -0.2) is 43.0 Å². The third kappa shape index (κ3) is 5.81. The summed E-state index contributed by atoms with van der Waals surface area (Å²) in [4.78, 5) is 12.7. The van der Waals surface area contributed by atoms with Crippen LogP contribution in [-0.2, 0) is 6.42 Å². The molecule has 1 aromatic rings. The van der Waals surface area contributed by atoms with Crippen molar-refractivity contribution in [1.29, 1.82) is 0 Å². The molecule has 0 bridgehead atoms. The predicted molar refractivity (Wildman–Crippen MR) is 77.4 cm³/mol. The summed E-state index contributed by atoms with van der Waals surface area (Å²) in [6.07, 6.45) is 1.76. The molecule has 0 saturated heterocycles. The molecule has 0 radical (unpaired) electrons. The van der Waals surface area contributed by atoms with Crippen molar-refractivity contribution in [2.45, 2.75) is 25.8 Å². The molecule has 1 atom stereocenters. The number of hydrogen-bond donors (Lipinski definition) is 1. The van der Waals surface area contributed by atoms with Gasteiger partial charge in [0.05, 0.1) is 4.92 Å². The lowest BCUT2D eigenvalue weighted by Gasteiger charge is -2.16. The minimum Gasteiger partial charge on any atom is -0.314 e. The van der Waals surface area contributed by atoms with Gasteiger partial charge in [0.25, 0.3) is 5.69 Å². The highest BCUT2D eigenvalue weighted by molar-refractivity contribution is 5.39. The zero-order valence-electron chi connectivity index (χ0n) is 11.9. The molecule has 1 unspecified atom stereocenters. The van der Waals surface area contributed by atoms with Crippen LogP contribution in [0.15, 0.2) is 24.3 Å². The van der Waals surface area contributed by atoms with Crippen molar-refractivity contribution in [2.75, 3.05) is 27.2 Å². The minimum atomic E-state index is -0.315. The summed E-state index contributed by atoms with van der Waals surface area (Å²) in [5, 5.41) is 14.3. The lowest BCUT2D eigenvalue weighted by atomic mass is 10.1. The summed E-state index contributed by atoms with van der Waals surface area (Å²) in [6, 6.07) is 7.35. The molecular weight excluding hydrogens is 242 g/mol. The molecule has 0 fully saturated rings. The van der Waals surface area contributed by atoms with Gasteiger partial charge in [-0.3, -0.25) is 10.1 Å². The molecule has 0 spiro atoms. The molecule has 0 aliphatic carbocycles. The van der Waals surface area contributed by atoms with Crippen LogP contribution in [0.5, 0.6) is 0 Å². The number of para-hydroxylation sites is 1. The molecule has 19 heavy (non-hydrogen) atoms. The maximum absolute atomic E-state index is 10.9. The number of hydrogen-bond acceptors (Lipinski definition) is 4. The van der Waals surface area contributed by atoms with Gasteiger partial charge in [-0.1, -0.05) is 18.2 Å². The van der Waals surface area contributed by atoms with Crippen molar-refractivity contribution in [1.82, 2.24) is 10.2 Å². The minimum absolute atomic E-state index is 0.213. The average Bonchev–Trinajstić information content (AvgIpc) is 2.36. The van der Waals surface area contributed by atoms with E-state index in [9.17, 15) is 10.1 Å². The van der Waals surface area contributed by atoms with Crippen LogP contribution >= 0.6 is 0 Å². The van der Waals surface area contributed by atoms with Crippen LogP contribution in [0.25, 0.3) is 0 Å². The SMILES string of the molecule is CC(CCN(C)C)NCCc1ccccc1[N+](=O)[O-]. The van der Waals surface area contributed by atoms with E-state index in [1.807, 2.05) is 12.1 Å². The summed E-state index contributed by atoms with van der Waals surface area (Å²) < 4.78 is 0. The normalized spacial score (nSPS) is 12.6. The highest BCUT2D eigenvalue weighted by Gasteiger charge is 2.11. The number of nitrogens with one attached hydrogen (secondary N) is 1. The largest absolute Gasteiger partial charge is 0.314 e. The summed E-state index contributed by atoms with van der Waals surface area (Å²) >= 11 is 0. The Bertz CT molecular complexity index is 407. The molecule has 0 saturated carbocycles. The van der Waals surface area contributed by atoms with Gasteiger partial charge in [-0.15, -0.1) is 0 Å². The van der Waals surface area contributed by atoms with E-state index in [-0.39, 0.29) is 10.6 Å². The van der Waals surface area contributed by atoms with Crippen molar-refractivity contribution in [3.05, 3.63) is 39.9 Å². The van der Waals surface area contributed by atoms with Gasteiger partial charge in [0, 0.05) is 17.7 Å². The van der Waals surface area contributed by atoms with E-state index in [1.165, 1.54) is 0 Å². The van der Waals surface area contributed by atoms with Gasteiger partial charge < -0.3 is 10.2 Å². The molecule has 5 heteroatoms. The summed E-state index contributed by atoms with van der Waals surface area (Å²) in [5.74, 6) is 0. The van der Waals surface area contributed by atoms with Crippen LogP contribution in [0.3, 0.4) is 0 Å². The van der Waals surface area contributed by atoms with Crippen LogP contribution < -0.4 is 5.32 Å². The van der Waals surface area contributed by atoms with Crippen LogP contribution in [0.4, 0.5) is 5.69 Å². The Morgan fingerprint density at radius 2 is 2.05 bits per heavy atom. The van der Waals surface area contributed by atoms with Crippen molar-refractivity contribution in [2.24, 2.45) is 0 Å². The molecule has 5 nitrogen and oxygen atoms in total. The molecule has 106 valence electrons. The predicted octanol–water partition coefficient (Wildman–Crippen LogP) is 2.07. The fraction of sp³-hybridized carbons (Fsp3) is 0.571. The molecule has 1 aromatic carbocycles. The number of rotatable bonds is 8. The standard InChI is InChI=1S/C14H23N3O2/c1-12(9-11-16(2)3)15-10-8-13-6-4-5-7-14(13)17(18)19/h4-7,12,15H,8-11H2,1-3H3. The van der Waals surface area contributed by atoms with Crippen LogP contribution in [0.1, 0.15) is 18.9 Å². The van der Waals surface area contributed by atoms with Crippen LogP contribution in [0, 0.1) is 10.1 Å². The number of nitro benzene ring substituents is 1. The fourth-order valence-electron chi connectivity index (χ4n) is 1.91. The van der Waals surface area contributed by atoms with Crippen molar-refractivity contribution in [3.8, 4) is 0 Å². The van der Waals surface area contributed by atoms with Gasteiger partial charge in [0.1, 0.15) is 0 Å². The monoisotopic (exact) mass is 265 g/mol. The third-order valence-corrected chi connectivity index (χ3v) is 3.08. The number of nitro groups is 1. The van der Waals surface area contributed by atoms with Gasteiger partial charge in [-0.05, 0) is 47.0 Å². The topological polar surface area (TPSA) is 58.4 Å². The third-order valence-electron chi connectivity index (χ3n) is 3.08. The highest BCUT2D eigenvalue weighted by Crippen LogP contribution is 2.17. The number of nitrogens with zero attached hydrogens (tertiary/aromatic N) is 2. The molecule has 0 aliphatic rings. The van der Waals surface area contributed by atoms with E-state index in [2.05, 4.69) is 31.2 Å². The Balaban J connectivity index is 2.39. The lowest BCUT2D eigenvalue weighted by Crippen LogP contribution is -2.31. The zero-order chi connectivity index (χ0) is 14.3. The summed E-state index contributed by atoms with van der Waals surface area (Å²) in [5.41, 5.74) is 1.00.